The molecule has 0 saturated heterocycles. The van der Waals surface area contributed by atoms with Crippen molar-refractivity contribution in [2.75, 3.05) is 0 Å². The van der Waals surface area contributed by atoms with E-state index in [4.69, 9.17) is 0 Å². The summed E-state index contributed by atoms with van der Waals surface area (Å²) in [6.45, 7) is 2.07. The second-order valence-corrected chi connectivity index (χ2v) is 7.04. The van der Waals surface area contributed by atoms with E-state index in [2.05, 4.69) is 62.4 Å². The molecule has 0 amide bonds. The SMILES string of the molecule is Cc1ccc(CSc2nncn2/N=C/c2cc(Br)ccc2O)cc1. The first-order valence-corrected chi connectivity index (χ1v) is 9.01. The van der Waals surface area contributed by atoms with Crippen LogP contribution in [0.2, 0.25) is 0 Å². The maximum Gasteiger partial charge on any atom is 0.212 e. The number of hydrogen-bond acceptors (Lipinski definition) is 5. The van der Waals surface area contributed by atoms with Crippen LogP contribution < -0.4 is 0 Å². The molecule has 3 aromatic rings. The fourth-order valence-electron chi connectivity index (χ4n) is 1.98. The van der Waals surface area contributed by atoms with Crippen molar-refractivity contribution in [2.45, 2.75) is 17.8 Å². The van der Waals surface area contributed by atoms with Gasteiger partial charge in [0, 0.05) is 15.8 Å². The molecule has 0 unspecified atom stereocenters. The van der Waals surface area contributed by atoms with Gasteiger partial charge in [-0.1, -0.05) is 57.5 Å². The minimum absolute atomic E-state index is 0.170. The van der Waals surface area contributed by atoms with E-state index in [-0.39, 0.29) is 5.75 Å². The predicted molar refractivity (Wildman–Crippen MR) is 99.6 cm³/mol. The number of thioether (sulfide) groups is 1. The maximum atomic E-state index is 9.85. The van der Waals surface area contributed by atoms with Crippen molar-refractivity contribution in [1.82, 2.24) is 14.9 Å². The number of phenols is 1. The molecule has 0 fully saturated rings. The molecule has 0 saturated carbocycles. The van der Waals surface area contributed by atoms with Gasteiger partial charge < -0.3 is 5.11 Å². The number of halogens is 1. The van der Waals surface area contributed by atoms with Gasteiger partial charge in [0.1, 0.15) is 12.1 Å². The molecule has 2 aromatic carbocycles. The first-order chi connectivity index (χ1) is 11.6. The number of hydrogen-bond donors (Lipinski definition) is 1. The molecule has 3 rings (SSSR count). The average molecular weight is 403 g/mol. The first kappa shape index (κ1) is 16.7. The summed E-state index contributed by atoms with van der Waals surface area (Å²) in [6.07, 6.45) is 3.13. The van der Waals surface area contributed by atoms with Gasteiger partial charge >= 0.3 is 0 Å². The lowest BCUT2D eigenvalue weighted by atomic mass is 10.2. The van der Waals surface area contributed by atoms with Crippen LogP contribution in [0.4, 0.5) is 0 Å². The molecule has 0 aliphatic carbocycles. The van der Waals surface area contributed by atoms with Crippen molar-refractivity contribution < 1.29 is 5.11 Å². The summed E-state index contributed by atoms with van der Waals surface area (Å²) < 4.78 is 2.47. The van der Waals surface area contributed by atoms with Gasteiger partial charge in [-0.3, -0.25) is 0 Å². The lowest BCUT2D eigenvalue weighted by Gasteiger charge is -2.03. The third-order valence-corrected chi connectivity index (χ3v) is 4.80. The Labute approximate surface area is 152 Å². The molecule has 1 N–H and O–H groups in total. The number of benzene rings is 2. The summed E-state index contributed by atoms with van der Waals surface area (Å²) in [5.41, 5.74) is 3.08. The van der Waals surface area contributed by atoms with E-state index in [9.17, 15) is 5.11 Å². The van der Waals surface area contributed by atoms with E-state index < -0.39 is 0 Å². The van der Waals surface area contributed by atoms with Gasteiger partial charge in [0.15, 0.2) is 0 Å². The highest BCUT2D eigenvalue weighted by atomic mass is 79.9. The second-order valence-electron chi connectivity index (χ2n) is 5.18. The normalized spacial score (nSPS) is 11.2. The van der Waals surface area contributed by atoms with Crippen molar-refractivity contribution in [3.8, 4) is 5.75 Å². The Kier molecular flexibility index (Phi) is 5.32. The van der Waals surface area contributed by atoms with Crippen LogP contribution >= 0.6 is 27.7 Å². The third kappa shape index (κ3) is 4.24. The van der Waals surface area contributed by atoms with E-state index in [1.807, 2.05) is 0 Å². The van der Waals surface area contributed by atoms with E-state index in [1.54, 1.807) is 47.2 Å². The molecule has 7 heteroatoms. The molecule has 0 bridgehead atoms. The highest BCUT2D eigenvalue weighted by Crippen LogP contribution is 2.22. The summed E-state index contributed by atoms with van der Waals surface area (Å²) in [7, 11) is 0. The van der Waals surface area contributed by atoms with Gasteiger partial charge in [-0.2, -0.15) is 9.78 Å². The topological polar surface area (TPSA) is 63.3 Å². The number of phenolic OH excluding ortho intramolecular Hbond substituents is 1. The zero-order valence-electron chi connectivity index (χ0n) is 12.9. The van der Waals surface area contributed by atoms with E-state index >= 15 is 0 Å². The van der Waals surface area contributed by atoms with E-state index in [0.717, 1.165) is 10.2 Å². The van der Waals surface area contributed by atoms with Crippen molar-refractivity contribution in [2.24, 2.45) is 5.10 Å². The molecule has 0 aliphatic heterocycles. The largest absolute Gasteiger partial charge is 0.507 e. The molecule has 1 aromatic heterocycles. The molecular formula is C17H15BrN4OS. The van der Waals surface area contributed by atoms with Crippen molar-refractivity contribution in [1.29, 1.82) is 0 Å². The lowest BCUT2D eigenvalue weighted by Crippen LogP contribution is -1.93. The van der Waals surface area contributed by atoms with Gasteiger partial charge in [-0.05, 0) is 30.7 Å². The lowest BCUT2D eigenvalue weighted by molar-refractivity contribution is 0.474. The van der Waals surface area contributed by atoms with E-state index in [0.29, 0.717) is 10.7 Å². The molecular weight excluding hydrogens is 388 g/mol. The predicted octanol–water partition coefficient (Wildman–Crippen LogP) is 4.23. The molecule has 0 atom stereocenters. The first-order valence-electron chi connectivity index (χ1n) is 7.23. The Morgan fingerprint density at radius 2 is 2.04 bits per heavy atom. The number of aryl methyl sites for hydroxylation is 1. The number of nitrogens with zero attached hydrogens (tertiary/aromatic N) is 4. The minimum Gasteiger partial charge on any atom is -0.507 e. The summed E-state index contributed by atoms with van der Waals surface area (Å²) in [5.74, 6) is 0.959. The van der Waals surface area contributed by atoms with Gasteiger partial charge in [0.05, 0.1) is 6.21 Å². The Morgan fingerprint density at radius 3 is 2.83 bits per heavy atom. The van der Waals surface area contributed by atoms with Gasteiger partial charge in [0.2, 0.25) is 5.16 Å². The molecule has 0 aliphatic rings. The Morgan fingerprint density at radius 1 is 1.25 bits per heavy atom. The van der Waals surface area contributed by atoms with Gasteiger partial charge in [-0.15, -0.1) is 10.2 Å². The Balaban J connectivity index is 1.72. The molecule has 0 spiro atoms. The minimum atomic E-state index is 0.170. The van der Waals surface area contributed by atoms with Crippen molar-refractivity contribution >= 4 is 33.9 Å². The van der Waals surface area contributed by atoms with Crippen LogP contribution in [0.1, 0.15) is 16.7 Å². The standard InChI is InChI=1S/C17H15BrN4OS/c1-12-2-4-13(5-3-12)10-24-17-21-19-11-22(17)20-9-14-8-15(18)6-7-16(14)23/h2-9,11,23H,10H2,1H3/b20-9+. The third-order valence-electron chi connectivity index (χ3n) is 3.30. The fraction of sp³-hybridized carbons (Fsp3) is 0.118. The zero-order chi connectivity index (χ0) is 16.9. The number of rotatable bonds is 5. The van der Waals surface area contributed by atoms with Crippen molar-refractivity contribution in [3.05, 3.63) is 70.0 Å². The Hall–Kier alpha value is -2.12. The number of aromatic hydroxyl groups is 1. The average Bonchev–Trinajstić information content (AvgIpc) is 3.02. The van der Waals surface area contributed by atoms with Crippen molar-refractivity contribution in [3.63, 3.8) is 0 Å². The quantitative estimate of drug-likeness (QED) is 0.512. The smallest absolute Gasteiger partial charge is 0.212 e. The Bertz CT molecular complexity index is 861. The number of aromatic nitrogens is 3. The van der Waals surface area contributed by atoms with Crippen LogP contribution in [-0.2, 0) is 5.75 Å². The molecule has 1 heterocycles. The van der Waals surface area contributed by atoms with Crippen LogP contribution in [-0.4, -0.2) is 26.2 Å². The van der Waals surface area contributed by atoms with Crippen LogP contribution in [0.25, 0.3) is 0 Å². The monoisotopic (exact) mass is 402 g/mol. The highest BCUT2D eigenvalue weighted by Gasteiger charge is 2.05. The second kappa shape index (κ2) is 7.63. The van der Waals surface area contributed by atoms with Gasteiger partial charge in [-0.25, -0.2) is 0 Å². The zero-order valence-corrected chi connectivity index (χ0v) is 15.3. The molecule has 0 radical (unpaired) electrons. The maximum absolute atomic E-state index is 9.85. The van der Waals surface area contributed by atoms with Crippen LogP contribution in [0.3, 0.4) is 0 Å². The summed E-state index contributed by atoms with van der Waals surface area (Å²) in [5, 5.41) is 22.9. The summed E-state index contributed by atoms with van der Waals surface area (Å²) in [6, 6.07) is 13.6. The fourth-order valence-corrected chi connectivity index (χ4v) is 3.18. The molecule has 24 heavy (non-hydrogen) atoms. The van der Waals surface area contributed by atoms with Crippen LogP contribution in [0.15, 0.2) is 63.5 Å². The van der Waals surface area contributed by atoms with Crippen LogP contribution in [0, 0.1) is 6.92 Å². The molecule has 122 valence electrons. The highest BCUT2D eigenvalue weighted by molar-refractivity contribution is 9.10. The molecule has 5 nitrogen and oxygen atoms in total. The summed E-state index contributed by atoms with van der Waals surface area (Å²) >= 11 is 4.94. The van der Waals surface area contributed by atoms with E-state index in [1.165, 1.54) is 11.1 Å². The van der Waals surface area contributed by atoms with Crippen LogP contribution in [0.5, 0.6) is 5.75 Å². The summed E-state index contributed by atoms with van der Waals surface area (Å²) in [4.78, 5) is 0. The van der Waals surface area contributed by atoms with Gasteiger partial charge in [0.25, 0.3) is 0 Å².